The van der Waals surface area contributed by atoms with Gasteiger partial charge in [0.15, 0.2) is 11.5 Å². The fourth-order valence-corrected chi connectivity index (χ4v) is 2.94. The first kappa shape index (κ1) is 18.6. The summed E-state index contributed by atoms with van der Waals surface area (Å²) < 4.78 is 16.0. The van der Waals surface area contributed by atoms with Gasteiger partial charge in [0.1, 0.15) is 5.82 Å². The SMILES string of the molecule is COc1cc(CC(=O)N(C)Cc2nc3ccccc3[nH]2)cc(OC)c1OC. The van der Waals surface area contributed by atoms with Gasteiger partial charge in [0.25, 0.3) is 0 Å². The summed E-state index contributed by atoms with van der Waals surface area (Å²) in [6, 6.07) is 11.4. The number of aromatic nitrogens is 2. The van der Waals surface area contributed by atoms with Crippen molar-refractivity contribution < 1.29 is 19.0 Å². The lowest BCUT2D eigenvalue weighted by molar-refractivity contribution is -0.129. The van der Waals surface area contributed by atoms with E-state index in [0.717, 1.165) is 22.4 Å². The first-order valence-corrected chi connectivity index (χ1v) is 8.52. The molecule has 1 aromatic heterocycles. The molecule has 1 heterocycles. The van der Waals surface area contributed by atoms with E-state index in [4.69, 9.17) is 14.2 Å². The summed E-state index contributed by atoms with van der Waals surface area (Å²) >= 11 is 0. The molecule has 27 heavy (non-hydrogen) atoms. The number of hydrogen-bond acceptors (Lipinski definition) is 5. The number of carbonyl (C=O) groups is 1. The standard InChI is InChI=1S/C20H23N3O4/c1-23(12-18-21-14-7-5-6-8-15(14)22-18)19(24)11-13-9-16(25-2)20(27-4)17(10-13)26-3/h5-10H,11-12H2,1-4H3,(H,21,22). The molecule has 0 fully saturated rings. The quantitative estimate of drug-likeness (QED) is 0.693. The van der Waals surface area contributed by atoms with Crippen LogP contribution in [0.3, 0.4) is 0 Å². The number of methoxy groups -OCH3 is 3. The van der Waals surface area contributed by atoms with Crippen molar-refractivity contribution in [3.63, 3.8) is 0 Å². The maximum absolute atomic E-state index is 12.7. The highest BCUT2D eigenvalue weighted by molar-refractivity contribution is 5.79. The van der Waals surface area contributed by atoms with E-state index < -0.39 is 0 Å². The zero-order valence-corrected chi connectivity index (χ0v) is 15.9. The normalized spacial score (nSPS) is 10.7. The van der Waals surface area contributed by atoms with Crippen molar-refractivity contribution in [3.8, 4) is 17.2 Å². The molecule has 0 bridgehead atoms. The molecule has 7 heteroatoms. The second-order valence-electron chi connectivity index (χ2n) is 6.16. The number of likely N-dealkylation sites (N-methyl/N-ethyl adjacent to an activating group) is 1. The third-order valence-corrected chi connectivity index (χ3v) is 4.33. The Balaban J connectivity index is 1.74. The molecule has 0 spiro atoms. The van der Waals surface area contributed by atoms with Gasteiger partial charge in [-0.3, -0.25) is 4.79 Å². The first-order chi connectivity index (χ1) is 13.0. The number of H-pyrrole nitrogens is 1. The summed E-state index contributed by atoms with van der Waals surface area (Å²) in [6.45, 7) is 0.401. The van der Waals surface area contributed by atoms with E-state index in [0.29, 0.717) is 23.8 Å². The molecule has 7 nitrogen and oxygen atoms in total. The molecule has 3 aromatic rings. The van der Waals surface area contributed by atoms with E-state index in [-0.39, 0.29) is 12.3 Å². The van der Waals surface area contributed by atoms with Gasteiger partial charge in [-0.25, -0.2) is 4.98 Å². The Morgan fingerprint density at radius 2 is 1.74 bits per heavy atom. The summed E-state index contributed by atoms with van der Waals surface area (Å²) in [6.07, 6.45) is 0.216. The van der Waals surface area contributed by atoms with Crippen LogP contribution in [0, 0.1) is 0 Å². The van der Waals surface area contributed by atoms with E-state index in [1.807, 2.05) is 24.3 Å². The Kier molecular flexibility index (Phi) is 5.49. The second kappa shape index (κ2) is 7.99. The number of amides is 1. The van der Waals surface area contributed by atoms with Crippen molar-refractivity contribution in [2.45, 2.75) is 13.0 Å². The van der Waals surface area contributed by atoms with Crippen molar-refractivity contribution in [2.75, 3.05) is 28.4 Å². The van der Waals surface area contributed by atoms with Gasteiger partial charge in [-0.2, -0.15) is 0 Å². The van der Waals surface area contributed by atoms with Crippen LogP contribution in [0.5, 0.6) is 17.2 Å². The van der Waals surface area contributed by atoms with Gasteiger partial charge in [-0.1, -0.05) is 12.1 Å². The Bertz CT molecular complexity index is 893. The molecule has 0 saturated carbocycles. The lowest BCUT2D eigenvalue weighted by Crippen LogP contribution is -2.28. The predicted molar refractivity (Wildman–Crippen MR) is 102 cm³/mol. The van der Waals surface area contributed by atoms with Crippen molar-refractivity contribution in [1.82, 2.24) is 14.9 Å². The third-order valence-electron chi connectivity index (χ3n) is 4.33. The topological polar surface area (TPSA) is 76.7 Å². The third kappa shape index (κ3) is 3.97. The lowest BCUT2D eigenvalue weighted by atomic mass is 10.1. The number of para-hydroxylation sites is 2. The van der Waals surface area contributed by atoms with Crippen molar-refractivity contribution in [1.29, 1.82) is 0 Å². The minimum absolute atomic E-state index is 0.0373. The molecule has 2 aromatic carbocycles. The number of nitrogens with zero attached hydrogens (tertiary/aromatic N) is 2. The molecule has 0 aliphatic heterocycles. The Hall–Kier alpha value is -3.22. The van der Waals surface area contributed by atoms with Crippen LogP contribution in [0.25, 0.3) is 11.0 Å². The number of carbonyl (C=O) groups excluding carboxylic acids is 1. The van der Waals surface area contributed by atoms with Crippen molar-refractivity contribution in [2.24, 2.45) is 0 Å². The number of benzene rings is 2. The summed E-state index contributed by atoms with van der Waals surface area (Å²) in [5.74, 6) is 2.27. The van der Waals surface area contributed by atoms with Crippen LogP contribution in [-0.2, 0) is 17.8 Å². The molecule has 0 atom stereocenters. The van der Waals surface area contributed by atoms with Crippen LogP contribution in [-0.4, -0.2) is 49.2 Å². The van der Waals surface area contributed by atoms with E-state index in [1.54, 1.807) is 45.4 Å². The van der Waals surface area contributed by atoms with E-state index in [1.165, 1.54) is 0 Å². The van der Waals surface area contributed by atoms with Gasteiger partial charge in [0, 0.05) is 7.05 Å². The lowest BCUT2D eigenvalue weighted by Gasteiger charge is -2.17. The summed E-state index contributed by atoms with van der Waals surface area (Å²) in [5.41, 5.74) is 2.63. The minimum Gasteiger partial charge on any atom is -0.493 e. The number of rotatable bonds is 7. The van der Waals surface area contributed by atoms with E-state index in [9.17, 15) is 4.79 Å². The molecule has 142 valence electrons. The Labute approximate surface area is 157 Å². The highest BCUT2D eigenvalue weighted by Gasteiger charge is 2.17. The smallest absolute Gasteiger partial charge is 0.227 e. The average Bonchev–Trinajstić information content (AvgIpc) is 3.09. The second-order valence-corrected chi connectivity index (χ2v) is 6.16. The summed E-state index contributed by atoms with van der Waals surface area (Å²) in [4.78, 5) is 22.0. The van der Waals surface area contributed by atoms with E-state index in [2.05, 4.69) is 9.97 Å². The number of hydrogen-bond donors (Lipinski definition) is 1. The zero-order chi connectivity index (χ0) is 19.4. The molecule has 1 N–H and O–H groups in total. The number of fused-ring (bicyclic) bond motifs is 1. The first-order valence-electron chi connectivity index (χ1n) is 8.52. The highest BCUT2D eigenvalue weighted by atomic mass is 16.5. The van der Waals surface area contributed by atoms with Gasteiger partial charge < -0.3 is 24.1 Å². The fraction of sp³-hybridized carbons (Fsp3) is 0.300. The zero-order valence-electron chi connectivity index (χ0n) is 15.9. The monoisotopic (exact) mass is 369 g/mol. The highest BCUT2D eigenvalue weighted by Crippen LogP contribution is 2.38. The summed E-state index contributed by atoms with van der Waals surface area (Å²) in [5, 5.41) is 0. The van der Waals surface area contributed by atoms with Crippen LogP contribution in [0.1, 0.15) is 11.4 Å². The minimum atomic E-state index is -0.0373. The van der Waals surface area contributed by atoms with Crippen molar-refractivity contribution in [3.05, 3.63) is 47.8 Å². The molecule has 0 saturated heterocycles. The largest absolute Gasteiger partial charge is 0.493 e. The van der Waals surface area contributed by atoms with Crippen molar-refractivity contribution >= 4 is 16.9 Å². The summed E-state index contributed by atoms with van der Waals surface area (Å²) in [7, 11) is 6.41. The molecule has 0 aliphatic rings. The van der Waals surface area contributed by atoms with E-state index >= 15 is 0 Å². The molecule has 0 radical (unpaired) electrons. The maximum atomic E-state index is 12.7. The van der Waals surface area contributed by atoms with Gasteiger partial charge >= 0.3 is 0 Å². The van der Waals surface area contributed by atoms with Crippen LogP contribution in [0.4, 0.5) is 0 Å². The average molecular weight is 369 g/mol. The molecular weight excluding hydrogens is 346 g/mol. The molecule has 0 unspecified atom stereocenters. The maximum Gasteiger partial charge on any atom is 0.227 e. The van der Waals surface area contributed by atoms with Crippen LogP contribution < -0.4 is 14.2 Å². The number of nitrogens with one attached hydrogen (secondary N) is 1. The van der Waals surface area contributed by atoms with Gasteiger partial charge in [0.2, 0.25) is 11.7 Å². The molecule has 1 amide bonds. The molecule has 0 aliphatic carbocycles. The van der Waals surface area contributed by atoms with Crippen LogP contribution in [0.15, 0.2) is 36.4 Å². The number of aromatic amines is 1. The Morgan fingerprint density at radius 3 is 2.33 bits per heavy atom. The van der Waals surface area contributed by atoms with Crippen LogP contribution >= 0.6 is 0 Å². The number of imidazole rings is 1. The molecular formula is C20H23N3O4. The van der Waals surface area contributed by atoms with Gasteiger partial charge in [-0.05, 0) is 29.8 Å². The fourth-order valence-electron chi connectivity index (χ4n) is 2.94. The number of ether oxygens (including phenoxy) is 3. The van der Waals surface area contributed by atoms with Gasteiger partial charge in [-0.15, -0.1) is 0 Å². The van der Waals surface area contributed by atoms with Crippen LogP contribution in [0.2, 0.25) is 0 Å². The molecule has 3 rings (SSSR count). The Morgan fingerprint density at radius 1 is 1.07 bits per heavy atom. The predicted octanol–water partition coefficient (Wildman–Crippen LogP) is 2.79. The van der Waals surface area contributed by atoms with Gasteiger partial charge in [0.05, 0.1) is 45.3 Å².